The smallest absolute Gasteiger partial charge is 0.163 e. The second-order valence-corrected chi connectivity index (χ2v) is 8.55. The molecule has 1 saturated carbocycles. The van der Waals surface area contributed by atoms with Crippen molar-refractivity contribution >= 4 is 5.78 Å². The molecule has 2 aliphatic carbocycles. The quantitative estimate of drug-likeness (QED) is 0.775. The van der Waals surface area contributed by atoms with E-state index in [4.69, 9.17) is 0 Å². The summed E-state index contributed by atoms with van der Waals surface area (Å²) in [5.74, 6) is 1.21. The summed E-state index contributed by atoms with van der Waals surface area (Å²) >= 11 is 0. The first kappa shape index (κ1) is 15.6. The number of hydrogen-bond acceptors (Lipinski definition) is 2. The third kappa shape index (κ3) is 2.11. The minimum absolute atomic E-state index is 0.0119. The number of carbonyl (C=O) groups excluding carboxylic acids is 1. The van der Waals surface area contributed by atoms with E-state index in [-0.39, 0.29) is 22.5 Å². The zero-order valence-electron chi connectivity index (χ0n) is 14.5. The molecule has 3 rings (SSSR count). The number of ketones is 1. The van der Waals surface area contributed by atoms with Crippen LogP contribution in [-0.4, -0.2) is 10.9 Å². The van der Waals surface area contributed by atoms with Crippen molar-refractivity contribution in [2.24, 2.45) is 11.3 Å². The van der Waals surface area contributed by atoms with Gasteiger partial charge in [0.1, 0.15) is 5.75 Å². The molecule has 1 aromatic carbocycles. The van der Waals surface area contributed by atoms with E-state index in [1.807, 2.05) is 12.1 Å². The van der Waals surface area contributed by atoms with E-state index in [0.29, 0.717) is 18.1 Å². The molecular weight excluding hydrogens is 272 g/mol. The number of Topliss-reactive ketones (excluding diaryl/α,β-unsaturated/α-hetero) is 1. The van der Waals surface area contributed by atoms with Gasteiger partial charge in [0.05, 0.1) is 0 Å². The Labute approximate surface area is 133 Å². The summed E-state index contributed by atoms with van der Waals surface area (Å²) in [4.78, 5) is 12.8. The lowest BCUT2D eigenvalue weighted by Crippen LogP contribution is -2.49. The summed E-state index contributed by atoms with van der Waals surface area (Å²) in [5, 5.41) is 10.4. The Morgan fingerprint density at radius 3 is 2.50 bits per heavy atom. The SMILES string of the molecule is CC(C)c1cc2c(cc1O)C1(C)CCCC(C)(C)C1CC2=O. The maximum absolute atomic E-state index is 12.8. The Hall–Kier alpha value is -1.31. The Kier molecular flexibility index (Phi) is 3.43. The molecule has 0 amide bonds. The molecule has 0 radical (unpaired) electrons. The van der Waals surface area contributed by atoms with Crippen LogP contribution in [-0.2, 0) is 5.41 Å². The molecule has 0 aromatic heterocycles. The number of benzene rings is 1. The van der Waals surface area contributed by atoms with E-state index in [2.05, 4.69) is 34.6 Å². The van der Waals surface area contributed by atoms with Crippen LogP contribution < -0.4 is 0 Å². The van der Waals surface area contributed by atoms with E-state index < -0.39 is 0 Å². The molecule has 0 saturated heterocycles. The van der Waals surface area contributed by atoms with E-state index in [1.165, 1.54) is 12.8 Å². The summed E-state index contributed by atoms with van der Waals surface area (Å²) in [5.41, 5.74) is 3.04. The molecule has 1 fully saturated rings. The topological polar surface area (TPSA) is 37.3 Å². The summed E-state index contributed by atoms with van der Waals surface area (Å²) < 4.78 is 0. The van der Waals surface area contributed by atoms with Crippen LogP contribution in [0.15, 0.2) is 12.1 Å². The predicted molar refractivity (Wildman–Crippen MR) is 89.6 cm³/mol. The lowest BCUT2D eigenvalue weighted by Gasteiger charge is -2.53. The fraction of sp³-hybridized carbons (Fsp3) is 0.650. The molecule has 1 N–H and O–H groups in total. The Morgan fingerprint density at radius 2 is 1.86 bits per heavy atom. The number of phenols is 1. The first-order valence-corrected chi connectivity index (χ1v) is 8.57. The molecule has 2 atom stereocenters. The molecule has 22 heavy (non-hydrogen) atoms. The number of phenolic OH excluding ortho intramolecular Hbond substituents is 1. The normalized spacial score (nSPS) is 30.1. The number of hydrogen-bond donors (Lipinski definition) is 1. The fourth-order valence-electron chi connectivity index (χ4n) is 5.01. The van der Waals surface area contributed by atoms with Gasteiger partial charge in [-0.3, -0.25) is 4.79 Å². The van der Waals surface area contributed by atoms with E-state index in [1.54, 1.807) is 0 Å². The molecule has 0 aliphatic heterocycles. The lowest BCUT2D eigenvalue weighted by molar-refractivity contribution is 0.0367. The van der Waals surface area contributed by atoms with Crippen molar-refractivity contribution in [2.75, 3.05) is 0 Å². The molecule has 2 aliphatic rings. The van der Waals surface area contributed by atoms with Gasteiger partial charge in [-0.15, -0.1) is 0 Å². The van der Waals surface area contributed by atoms with E-state index in [9.17, 15) is 9.90 Å². The van der Waals surface area contributed by atoms with Crippen LogP contribution in [0.25, 0.3) is 0 Å². The largest absolute Gasteiger partial charge is 0.508 e. The third-order valence-electron chi connectivity index (χ3n) is 6.32. The minimum Gasteiger partial charge on any atom is -0.508 e. The molecular formula is C20H28O2. The van der Waals surface area contributed by atoms with E-state index >= 15 is 0 Å². The number of fused-ring (bicyclic) bond motifs is 3. The molecule has 0 spiro atoms. The second kappa shape index (κ2) is 4.84. The highest BCUT2D eigenvalue weighted by atomic mass is 16.3. The fourth-order valence-corrected chi connectivity index (χ4v) is 5.01. The molecule has 2 nitrogen and oxygen atoms in total. The van der Waals surface area contributed by atoms with Crippen LogP contribution in [0.2, 0.25) is 0 Å². The maximum Gasteiger partial charge on any atom is 0.163 e. The van der Waals surface area contributed by atoms with Crippen LogP contribution in [0, 0.1) is 11.3 Å². The van der Waals surface area contributed by atoms with Crippen molar-refractivity contribution in [1.82, 2.24) is 0 Å². The summed E-state index contributed by atoms with van der Waals surface area (Å²) in [6.45, 7) is 11.0. The van der Waals surface area contributed by atoms with Crippen molar-refractivity contribution < 1.29 is 9.90 Å². The number of aromatic hydroxyl groups is 1. The summed E-state index contributed by atoms with van der Waals surface area (Å²) in [6.07, 6.45) is 4.15. The van der Waals surface area contributed by atoms with Gasteiger partial charge in [0.2, 0.25) is 0 Å². The molecule has 0 bridgehead atoms. The monoisotopic (exact) mass is 300 g/mol. The van der Waals surface area contributed by atoms with Crippen LogP contribution >= 0.6 is 0 Å². The Morgan fingerprint density at radius 1 is 1.18 bits per heavy atom. The van der Waals surface area contributed by atoms with Gasteiger partial charge in [-0.05, 0) is 58.8 Å². The van der Waals surface area contributed by atoms with Crippen molar-refractivity contribution in [1.29, 1.82) is 0 Å². The van der Waals surface area contributed by atoms with Crippen LogP contribution in [0.5, 0.6) is 5.75 Å². The lowest BCUT2D eigenvalue weighted by atomic mass is 9.50. The standard InChI is InChI=1S/C20H28O2/c1-12(2)13-9-14-15(10-16(13)21)20(5)8-6-7-19(3,4)18(20)11-17(14)22/h9-10,12,18,21H,6-8,11H2,1-5H3. The highest BCUT2D eigenvalue weighted by molar-refractivity contribution is 6.00. The van der Waals surface area contributed by atoms with E-state index in [0.717, 1.165) is 23.1 Å². The van der Waals surface area contributed by atoms with Gasteiger partial charge in [0.15, 0.2) is 5.78 Å². The third-order valence-corrected chi connectivity index (χ3v) is 6.32. The molecule has 0 heterocycles. The van der Waals surface area contributed by atoms with Crippen molar-refractivity contribution in [3.8, 4) is 5.75 Å². The average molecular weight is 300 g/mol. The summed E-state index contributed by atoms with van der Waals surface area (Å²) in [6, 6.07) is 3.86. The van der Waals surface area contributed by atoms with Gasteiger partial charge in [-0.1, -0.05) is 41.0 Å². The Balaban J connectivity index is 2.20. The van der Waals surface area contributed by atoms with Gasteiger partial charge in [-0.25, -0.2) is 0 Å². The first-order valence-electron chi connectivity index (χ1n) is 8.57. The summed E-state index contributed by atoms with van der Waals surface area (Å²) in [7, 11) is 0. The zero-order valence-corrected chi connectivity index (χ0v) is 14.5. The number of carbonyl (C=O) groups is 1. The molecule has 2 heteroatoms. The predicted octanol–water partition coefficient (Wildman–Crippen LogP) is 5.19. The Bertz CT molecular complexity index is 627. The minimum atomic E-state index is 0.0119. The molecule has 2 unspecified atom stereocenters. The van der Waals surface area contributed by atoms with Crippen molar-refractivity contribution in [3.05, 3.63) is 28.8 Å². The van der Waals surface area contributed by atoms with Crippen LogP contribution in [0.4, 0.5) is 0 Å². The molecule has 120 valence electrons. The van der Waals surface area contributed by atoms with Crippen molar-refractivity contribution in [3.63, 3.8) is 0 Å². The van der Waals surface area contributed by atoms with Gasteiger partial charge >= 0.3 is 0 Å². The second-order valence-electron chi connectivity index (χ2n) is 8.55. The first-order chi connectivity index (χ1) is 10.2. The molecule has 1 aromatic rings. The van der Waals surface area contributed by atoms with Gasteiger partial charge < -0.3 is 5.11 Å². The zero-order chi connectivity index (χ0) is 16.3. The highest BCUT2D eigenvalue weighted by Crippen LogP contribution is 2.57. The van der Waals surface area contributed by atoms with Crippen LogP contribution in [0.3, 0.4) is 0 Å². The highest BCUT2D eigenvalue weighted by Gasteiger charge is 2.52. The number of rotatable bonds is 1. The van der Waals surface area contributed by atoms with Gasteiger partial charge in [0, 0.05) is 12.0 Å². The van der Waals surface area contributed by atoms with Crippen LogP contribution in [0.1, 0.15) is 87.7 Å². The van der Waals surface area contributed by atoms with Crippen molar-refractivity contribution in [2.45, 2.75) is 71.6 Å². The maximum atomic E-state index is 12.8. The van der Waals surface area contributed by atoms with Gasteiger partial charge in [0.25, 0.3) is 0 Å². The van der Waals surface area contributed by atoms with Gasteiger partial charge in [-0.2, -0.15) is 0 Å². The average Bonchev–Trinajstić information content (AvgIpc) is 2.41.